The largest absolute Gasteiger partial charge is 0.496 e. The topological polar surface area (TPSA) is 74.3 Å². The molecular formula is C19H19NO6. The highest BCUT2D eigenvalue weighted by Gasteiger charge is 2.71. The van der Waals surface area contributed by atoms with Gasteiger partial charge in [0.25, 0.3) is 0 Å². The molecule has 2 bridgehead atoms. The monoisotopic (exact) mass is 357 g/mol. The molecule has 26 heavy (non-hydrogen) atoms. The Labute approximate surface area is 150 Å². The number of benzene rings is 1. The molecule has 0 unspecified atom stereocenters. The summed E-state index contributed by atoms with van der Waals surface area (Å²) in [5.41, 5.74) is -0.214. The van der Waals surface area contributed by atoms with Crippen molar-refractivity contribution in [3.05, 3.63) is 42.0 Å². The molecule has 0 radical (unpaired) electrons. The van der Waals surface area contributed by atoms with Crippen molar-refractivity contribution in [1.29, 1.82) is 0 Å². The number of para-hydroxylation sites is 1. The molecular weight excluding hydrogens is 338 g/mol. The van der Waals surface area contributed by atoms with Crippen LogP contribution in [-0.2, 0) is 30.3 Å². The van der Waals surface area contributed by atoms with Crippen LogP contribution >= 0.6 is 0 Å². The molecule has 136 valence electrons. The van der Waals surface area contributed by atoms with Crippen molar-refractivity contribution in [3.63, 3.8) is 0 Å². The summed E-state index contributed by atoms with van der Waals surface area (Å²) in [6.45, 7) is 1.10. The average molecular weight is 357 g/mol. The Bertz CT molecular complexity index is 801. The second-order valence-corrected chi connectivity index (χ2v) is 6.95. The van der Waals surface area contributed by atoms with E-state index < -0.39 is 29.8 Å². The number of fused-ring (bicyclic) bond motifs is 5. The van der Waals surface area contributed by atoms with Gasteiger partial charge in [-0.2, -0.15) is 0 Å². The first kappa shape index (κ1) is 16.0. The summed E-state index contributed by atoms with van der Waals surface area (Å²) >= 11 is 0. The second-order valence-electron chi connectivity index (χ2n) is 6.95. The number of hydrogen-bond donors (Lipinski definition) is 0. The van der Waals surface area contributed by atoms with E-state index in [0.29, 0.717) is 19.0 Å². The number of rotatable bonds is 4. The van der Waals surface area contributed by atoms with Crippen LogP contribution < -0.4 is 4.74 Å². The van der Waals surface area contributed by atoms with Gasteiger partial charge in [0.2, 0.25) is 11.8 Å². The van der Waals surface area contributed by atoms with Crippen LogP contribution in [0.1, 0.15) is 5.56 Å². The summed E-state index contributed by atoms with van der Waals surface area (Å²) in [5, 5.41) is 0. The van der Waals surface area contributed by atoms with Crippen LogP contribution in [0.3, 0.4) is 0 Å². The number of nitrogens with zero attached hydrogens (tertiary/aromatic N) is 1. The van der Waals surface area contributed by atoms with Crippen LogP contribution in [0.4, 0.5) is 0 Å². The van der Waals surface area contributed by atoms with Gasteiger partial charge < -0.3 is 18.9 Å². The molecule has 7 nitrogen and oxygen atoms in total. The van der Waals surface area contributed by atoms with Crippen LogP contribution in [0.15, 0.2) is 36.4 Å². The lowest BCUT2D eigenvalue weighted by molar-refractivity contribution is -0.183. The molecule has 4 heterocycles. The van der Waals surface area contributed by atoms with Gasteiger partial charge in [0.05, 0.1) is 44.8 Å². The van der Waals surface area contributed by atoms with Gasteiger partial charge in [-0.25, -0.2) is 0 Å². The Kier molecular flexibility index (Phi) is 3.47. The van der Waals surface area contributed by atoms with Gasteiger partial charge in [-0.3, -0.25) is 14.5 Å². The summed E-state index contributed by atoms with van der Waals surface area (Å²) in [6, 6.07) is 7.39. The Morgan fingerprint density at radius 2 is 1.96 bits per heavy atom. The Balaban J connectivity index is 1.47. The lowest BCUT2D eigenvalue weighted by atomic mass is 9.76. The molecule has 0 N–H and O–H groups in total. The van der Waals surface area contributed by atoms with Gasteiger partial charge in [-0.1, -0.05) is 24.3 Å². The van der Waals surface area contributed by atoms with E-state index in [4.69, 9.17) is 18.9 Å². The molecule has 2 amide bonds. The van der Waals surface area contributed by atoms with Crippen molar-refractivity contribution in [2.45, 2.75) is 24.5 Å². The highest BCUT2D eigenvalue weighted by atomic mass is 16.7. The van der Waals surface area contributed by atoms with Crippen molar-refractivity contribution in [3.8, 4) is 5.75 Å². The highest BCUT2D eigenvalue weighted by molar-refractivity contribution is 6.07. The molecule has 0 aliphatic carbocycles. The van der Waals surface area contributed by atoms with E-state index >= 15 is 0 Å². The van der Waals surface area contributed by atoms with E-state index in [0.717, 1.165) is 5.56 Å². The Morgan fingerprint density at radius 3 is 2.73 bits per heavy atom. The molecule has 7 heteroatoms. The maximum absolute atomic E-state index is 13.2. The predicted octanol–water partition coefficient (Wildman–Crippen LogP) is 0.877. The van der Waals surface area contributed by atoms with Gasteiger partial charge in [0, 0.05) is 5.56 Å². The van der Waals surface area contributed by atoms with E-state index in [9.17, 15) is 9.59 Å². The van der Waals surface area contributed by atoms with Gasteiger partial charge in [-0.05, 0) is 12.1 Å². The van der Waals surface area contributed by atoms with E-state index in [1.807, 2.05) is 36.4 Å². The molecule has 0 aromatic heterocycles. The number of ether oxygens (including phenoxy) is 4. The van der Waals surface area contributed by atoms with Crippen molar-refractivity contribution < 1.29 is 28.5 Å². The van der Waals surface area contributed by atoms with Crippen molar-refractivity contribution in [2.75, 3.05) is 20.3 Å². The number of likely N-dealkylation sites (tertiary alicyclic amines) is 1. The summed E-state index contributed by atoms with van der Waals surface area (Å²) in [7, 11) is 1.57. The molecule has 3 saturated heterocycles. The molecule has 5 rings (SSSR count). The van der Waals surface area contributed by atoms with Crippen molar-refractivity contribution in [1.82, 2.24) is 4.90 Å². The smallest absolute Gasteiger partial charge is 0.237 e. The lowest BCUT2D eigenvalue weighted by Crippen LogP contribution is -2.49. The zero-order valence-corrected chi connectivity index (χ0v) is 14.3. The molecule has 4 aliphatic rings. The van der Waals surface area contributed by atoms with Crippen LogP contribution in [0.5, 0.6) is 5.75 Å². The van der Waals surface area contributed by atoms with Gasteiger partial charge in [0.15, 0.2) is 11.9 Å². The molecule has 1 aromatic carbocycles. The van der Waals surface area contributed by atoms with Gasteiger partial charge in [0.1, 0.15) is 5.75 Å². The van der Waals surface area contributed by atoms with Crippen molar-refractivity contribution in [2.24, 2.45) is 11.8 Å². The molecule has 0 spiro atoms. The van der Waals surface area contributed by atoms with E-state index in [2.05, 4.69) is 0 Å². The summed E-state index contributed by atoms with van der Waals surface area (Å²) in [5.74, 6) is -0.922. The Morgan fingerprint density at radius 1 is 1.19 bits per heavy atom. The van der Waals surface area contributed by atoms with Gasteiger partial charge >= 0.3 is 0 Å². The van der Waals surface area contributed by atoms with Crippen LogP contribution in [0.25, 0.3) is 0 Å². The number of carbonyl (C=O) groups excluding carboxylic acids is 2. The fraction of sp³-hybridized carbons (Fsp3) is 0.474. The normalized spacial score (nSPS) is 35.6. The highest BCUT2D eigenvalue weighted by Crippen LogP contribution is 2.54. The van der Waals surface area contributed by atoms with Crippen molar-refractivity contribution >= 4 is 11.8 Å². The maximum atomic E-state index is 13.2. The molecule has 3 fully saturated rings. The molecule has 0 saturated carbocycles. The van der Waals surface area contributed by atoms with E-state index in [-0.39, 0.29) is 18.4 Å². The minimum Gasteiger partial charge on any atom is -0.496 e. The molecule has 1 aromatic rings. The minimum atomic E-state index is -1.01. The standard InChI is InChI=1S/C19H19NO6/c1-23-12-5-3-2-4-11(12)10-20-16(21)14-13-6-7-19(26-13,15(14)17(20)22)18-24-8-9-25-18/h2-7,13-15,18H,8-10H2,1H3/t13-,14-,15-,19-/m1/s1. The number of methoxy groups -OCH3 is 1. The number of imide groups is 1. The fourth-order valence-electron chi connectivity index (χ4n) is 4.55. The first-order valence-corrected chi connectivity index (χ1v) is 8.73. The number of hydrogen-bond acceptors (Lipinski definition) is 6. The SMILES string of the molecule is COc1ccccc1CN1C(=O)[C@@H]2[C@H]3C=C[C@@](C4OCCO4)(O3)[C@H]2C1=O. The maximum Gasteiger partial charge on any atom is 0.237 e. The number of carbonyl (C=O) groups is 2. The average Bonchev–Trinajstić information content (AvgIpc) is 3.42. The van der Waals surface area contributed by atoms with Crippen LogP contribution in [0.2, 0.25) is 0 Å². The van der Waals surface area contributed by atoms with Crippen LogP contribution in [-0.4, -0.2) is 55.0 Å². The van der Waals surface area contributed by atoms with Crippen LogP contribution in [0, 0.1) is 11.8 Å². The van der Waals surface area contributed by atoms with Gasteiger partial charge in [-0.15, -0.1) is 0 Å². The zero-order valence-electron chi connectivity index (χ0n) is 14.3. The first-order valence-electron chi connectivity index (χ1n) is 8.73. The minimum absolute atomic E-state index is 0.184. The lowest BCUT2D eigenvalue weighted by Gasteiger charge is -2.32. The molecule has 4 aliphatic heterocycles. The fourth-order valence-corrected chi connectivity index (χ4v) is 4.55. The third-order valence-corrected chi connectivity index (χ3v) is 5.68. The quantitative estimate of drug-likeness (QED) is 0.588. The zero-order chi connectivity index (χ0) is 17.9. The number of amides is 2. The summed E-state index contributed by atoms with van der Waals surface area (Å²) in [6.07, 6.45) is 2.63. The third kappa shape index (κ3) is 1.99. The predicted molar refractivity (Wildman–Crippen MR) is 88.0 cm³/mol. The summed E-state index contributed by atoms with van der Waals surface area (Å²) < 4.78 is 22.7. The summed E-state index contributed by atoms with van der Waals surface area (Å²) in [4.78, 5) is 27.5. The van der Waals surface area contributed by atoms with E-state index in [1.165, 1.54) is 4.90 Å². The van der Waals surface area contributed by atoms with E-state index in [1.54, 1.807) is 7.11 Å². The Hall–Kier alpha value is -2.22. The second kappa shape index (κ2) is 5.64. The first-order chi connectivity index (χ1) is 12.7. The third-order valence-electron chi connectivity index (χ3n) is 5.68. The molecule has 4 atom stereocenters.